The van der Waals surface area contributed by atoms with E-state index in [0.29, 0.717) is 11.3 Å². The minimum absolute atomic E-state index is 0. The van der Waals surface area contributed by atoms with Gasteiger partial charge in [0.15, 0.2) is 0 Å². The van der Waals surface area contributed by atoms with Crippen molar-refractivity contribution in [1.82, 2.24) is 0 Å². The Hall–Kier alpha value is -0.617. The van der Waals surface area contributed by atoms with Crippen molar-refractivity contribution in [3.8, 4) is 11.1 Å². The van der Waals surface area contributed by atoms with E-state index in [-0.39, 0.29) is 61.8 Å². The average molecular weight is 589 g/mol. The molecule has 0 radical (unpaired) electrons. The van der Waals surface area contributed by atoms with Crippen LogP contribution in [0, 0.1) is 23.5 Å². The van der Waals surface area contributed by atoms with Crippen molar-refractivity contribution >= 4 is 0 Å². The summed E-state index contributed by atoms with van der Waals surface area (Å²) in [4.78, 5) is 0. The largest absolute Gasteiger partial charge is 4.00 e. The third kappa shape index (κ3) is 8.45. The van der Waals surface area contributed by atoms with E-state index in [1.807, 2.05) is 0 Å². The molecule has 0 aromatic heterocycles. The molecule has 1 unspecified atom stereocenters. The Morgan fingerprint density at radius 3 is 1.86 bits per heavy atom. The third-order valence-electron chi connectivity index (χ3n) is 6.60. The predicted molar refractivity (Wildman–Crippen MR) is 140 cm³/mol. The number of hydrogen-bond donors (Lipinski definition) is 0. The fraction of sp³-hybridized carbons (Fsp3) is 0.500. The van der Waals surface area contributed by atoms with Crippen LogP contribution < -0.4 is 24.8 Å². The Morgan fingerprint density at radius 2 is 1.40 bits per heavy atom. The Bertz CT molecular complexity index is 979. The van der Waals surface area contributed by atoms with Crippen molar-refractivity contribution < 1.29 is 51.0 Å². The number of fused-ring (bicyclic) bond motifs is 3. The van der Waals surface area contributed by atoms with Crippen LogP contribution in [0.5, 0.6) is 0 Å². The molecule has 0 amide bonds. The van der Waals surface area contributed by atoms with E-state index in [0.717, 1.165) is 6.42 Å². The molecule has 2 aliphatic carbocycles. The Morgan fingerprint density at radius 1 is 0.800 bits per heavy atom. The third-order valence-corrected chi connectivity index (χ3v) is 6.60. The molecule has 0 bridgehead atoms. The van der Waals surface area contributed by atoms with Gasteiger partial charge < -0.3 is 24.8 Å². The smallest absolute Gasteiger partial charge is 1.00 e. The first-order valence-electron chi connectivity index (χ1n) is 12.2. The van der Waals surface area contributed by atoms with E-state index in [2.05, 4.69) is 124 Å². The molecule has 1 atom stereocenters. The van der Waals surface area contributed by atoms with E-state index >= 15 is 0 Å². The van der Waals surface area contributed by atoms with Crippen molar-refractivity contribution in [2.45, 2.75) is 92.9 Å². The molecule has 4 rings (SSSR count). The van der Waals surface area contributed by atoms with Crippen LogP contribution >= 0.6 is 0 Å². The van der Waals surface area contributed by atoms with Crippen molar-refractivity contribution in [3.63, 3.8) is 0 Å². The SMILES string of the molecule is CC(C)(C)c1[c-]c2c(cc1)-c1ccc(C(C)(C)C)cc1C2.CCC1[C-]=CC(C(C)(C)C)=C1.[Cl-].[Cl-].[Zr+4]. The van der Waals surface area contributed by atoms with Crippen LogP contribution in [0.25, 0.3) is 11.1 Å². The second-order valence-electron chi connectivity index (χ2n) is 12.5. The van der Waals surface area contributed by atoms with Crippen LogP contribution in [0.1, 0.15) is 97.9 Å². The molecule has 3 heteroatoms. The van der Waals surface area contributed by atoms with Gasteiger partial charge in [-0.25, -0.2) is 6.08 Å². The van der Waals surface area contributed by atoms with Crippen LogP contribution in [0.3, 0.4) is 0 Å². The van der Waals surface area contributed by atoms with Crippen LogP contribution in [0.15, 0.2) is 48.1 Å². The summed E-state index contributed by atoms with van der Waals surface area (Å²) in [6.45, 7) is 22.5. The van der Waals surface area contributed by atoms with Gasteiger partial charge in [-0.1, -0.05) is 111 Å². The molecular formula is C32H42Cl2Zr. The quantitative estimate of drug-likeness (QED) is 0.384. The van der Waals surface area contributed by atoms with Crippen molar-refractivity contribution in [1.29, 1.82) is 0 Å². The molecule has 0 spiro atoms. The standard InChI is InChI=1S/C21H25.C11H17.2ClH.Zr/c1-20(2,3)16-7-9-18-14(12-16)11-15-13-17(21(4,5)6)8-10-19(15)18;1-5-9-6-7-10(8-9)11(2,3)4;;;/h7-10,12H,11H2,1-6H3;7-9H,5H2,1-4H3;2*1H;/q2*-1;;;+4/p-2. The Kier molecular flexibility index (Phi) is 12.5. The van der Waals surface area contributed by atoms with Gasteiger partial charge in [-0.05, 0) is 28.4 Å². The molecule has 2 aromatic rings. The van der Waals surface area contributed by atoms with E-state index in [4.69, 9.17) is 0 Å². The van der Waals surface area contributed by atoms with E-state index in [9.17, 15) is 0 Å². The summed E-state index contributed by atoms with van der Waals surface area (Å²) in [6, 6.07) is 15.2. The first-order valence-corrected chi connectivity index (χ1v) is 12.2. The normalized spacial score (nSPS) is 15.9. The summed E-state index contributed by atoms with van der Waals surface area (Å²) in [5.41, 5.74) is 10.4. The number of hydrogen-bond acceptors (Lipinski definition) is 0. The summed E-state index contributed by atoms with van der Waals surface area (Å²) in [5.74, 6) is 0.573. The second-order valence-corrected chi connectivity index (χ2v) is 12.5. The zero-order valence-corrected chi connectivity index (χ0v) is 27.3. The van der Waals surface area contributed by atoms with Gasteiger partial charge >= 0.3 is 26.2 Å². The van der Waals surface area contributed by atoms with Crippen molar-refractivity contribution in [3.05, 3.63) is 82.5 Å². The molecule has 188 valence electrons. The number of halogens is 2. The first-order chi connectivity index (χ1) is 14.7. The van der Waals surface area contributed by atoms with Gasteiger partial charge in [0, 0.05) is 0 Å². The van der Waals surface area contributed by atoms with Crippen LogP contribution in [0.2, 0.25) is 0 Å². The molecule has 0 N–H and O–H groups in total. The Balaban J connectivity index is 0.000000714. The van der Waals surface area contributed by atoms with Crippen LogP contribution in [0.4, 0.5) is 0 Å². The average Bonchev–Trinajstić information content (AvgIpc) is 3.30. The van der Waals surface area contributed by atoms with Gasteiger partial charge in [-0.15, -0.1) is 11.1 Å². The molecule has 2 aromatic carbocycles. The summed E-state index contributed by atoms with van der Waals surface area (Å²) in [6.07, 6.45) is 10.0. The van der Waals surface area contributed by atoms with Gasteiger partial charge in [0.05, 0.1) is 0 Å². The summed E-state index contributed by atoms with van der Waals surface area (Å²) >= 11 is 0. The molecular weight excluding hydrogens is 546 g/mol. The topological polar surface area (TPSA) is 0 Å². The Labute approximate surface area is 247 Å². The summed E-state index contributed by atoms with van der Waals surface area (Å²) in [5, 5.41) is 0. The predicted octanol–water partition coefficient (Wildman–Crippen LogP) is 3.02. The summed E-state index contributed by atoms with van der Waals surface area (Å²) < 4.78 is 0. The maximum Gasteiger partial charge on any atom is 4.00 e. The van der Waals surface area contributed by atoms with E-state index < -0.39 is 0 Å². The molecule has 0 nitrogen and oxygen atoms in total. The van der Waals surface area contributed by atoms with Gasteiger partial charge in [-0.2, -0.15) is 35.4 Å². The minimum Gasteiger partial charge on any atom is -1.00 e. The minimum atomic E-state index is 0. The zero-order valence-electron chi connectivity index (χ0n) is 23.3. The number of allylic oxidation sites excluding steroid dienone is 4. The second kappa shape index (κ2) is 12.8. The summed E-state index contributed by atoms with van der Waals surface area (Å²) in [7, 11) is 0. The zero-order chi connectivity index (χ0) is 23.9. The first kappa shape index (κ1) is 34.4. The molecule has 2 aliphatic rings. The van der Waals surface area contributed by atoms with Gasteiger partial charge in [-0.3, -0.25) is 6.08 Å². The van der Waals surface area contributed by atoms with Crippen molar-refractivity contribution in [2.24, 2.45) is 11.3 Å². The number of rotatable bonds is 1. The fourth-order valence-corrected chi connectivity index (χ4v) is 4.24. The number of benzene rings is 2. The maximum atomic E-state index is 3.67. The van der Waals surface area contributed by atoms with E-state index in [1.54, 1.807) is 0 Å². The molecule has 0 fully saturated rings. The molecule has 0 saturated heterocycles. The van der Waals surface area contributed by atoms with Gasteiger partial charge in [0.1, 0.15) is 0 Å². The maximum absolute atomic E-state index is 3.67. The molecule has 0 aliphatic heterocycles. The van der Waals surface area contributed by atoms with Crippen LogP contribution in [-0.4, -0.2) is 0 Å². The van der Waals surface area contributed by atoms with Crippen LogP contribution in [-0.2, 0) is 43.5 Å². The molecule has 0 heterocycles. The van der Waals surface area contributed by atoms with Gasteiger partial charge in [0.25, 0.3) is 0 Å². The van der Waals surface area contributed by atoms with Gasteiger partial charge in [0.2, 0.25) is 0 Å². The fourth-order valence-electron chi connectivity index (χ4n) is 4.24. The van der Waals surface area contributed by atoms with Crippen molar-refractivity contribution in [2.75, 3.05) is 0 Å². The molecule has 35 heavy (non-hydrogen) atoms. The van der Waals surface area contributed by atoms with E-state index in [1.165, 1.54) is 45.4 Å². The monoisotopic (exact) mass is 586 g/mol. The molecule has 0 saturated carbocycles.